The lowest BCUT2D eigenvalue weighted by Crippen LogP contribution is -2.45. The number of halogens is 2. The molecule has 0 amide bonds. The van der Waals surface area contributed by atoms with Crippen LogP contribution in [0.25, 0.3) is 11.0 Å². The summed E-state index contributed by atoms with van der Waals surface area (Å²) in [5, 5.41) is 0. The van der Waals surface area contributed by atoms with Crippen LogP contribution in [0, 0.1) is 11.6 Å². The first-order valence-electron chi connectivity index (χ1n) is 6.65. The Kier molecular flexibility index (Phi) is 3.48. The second-order valence-electron chi connectivity index (χ2n) is 4.81. The van der Waals surface area contributed by atoms with E-state index < -0.39 is 11.6 Å². The minimum absolute atomic E-state index is 0.237. The monoisotopic (exact) mass is 279 g/mol. The minimum Gasteiger partial charge on any atom is -0.377 e. The van der Waals surface area contributed by atoms with E-state index >= 15 is 0 Å². The van der Waals surface area contributed by atoms with E-state index in [9.17, 15) is 8.78 Å². The summed E-state index contributed by atoms with van der Waals surface area (Å²) in [4.78, 5) is 10.7. The highest BCUT2D eigenvalue weighted by atomic mass is 19.2. The molecule has 1 aromatic carbocycles. The van der Waals surface area contributed by atoms with Crippen LogP contribution in [0.2, 0.25) is 0 Å². The van der Waals surface area contributed by atoms with Crippen LogP contribution in [-0.4, -0.2) is 35.8 Å². The van der Waals surface area contributed by atoms with Crippen molar-refractivity contribution in [2.75, 3.05) is 24.7 Å². The molecule has 20 heavy (non-hydrogen) atoms. The number of hydrogen-bond acceptors (Lipinski definition) is 4. The zero-order valence-electron chi connectivity index (χ0n) is 11.1. The van der Waals surface area contributed by atoms with Crippen LogP contribution in [0.15, 0.2) is 18.3 Å². The van der Waals surface area contributed by atoms with E-state index in [1.54, 1.807) is 6.20 Å². The van der Waals surface area contributed by atoms with Crippen LogP contribution in [-0.2, 0) is 4.74 Å². The summed E-state index contributed by atoms with van der Waals surface area (Å²) in [6.07, 6.45) is 2.53. The molecular weight excluding hydrogens is 264 g/mol. The molecule has 2 heterocycles. The third kappa shape index (κ3) is 2.31. The standard InChI is InChI=1S/C14H15F2N3O/c1-2-9-8-20-4-3-19(9)14-7-17-12-5-10(15)11(16)6-13(12)18-14/h5-7,9H,2-4,8H2,1H3. The van der Waals surface area contributed by atoms with Gasteiger partial charge in [0.2, 0.25) is 0 Å². The van der Waals surface area contributed by atoms with E-state index in [0.717, 1.165) is 25.1 Å². The summed E-state index contributed by atoms with van der Waals surface area (Å²) >= 11 is 0. The molecule has 1 aliphatic rings. The Hall–Kier alpha value is -1.82. The molecule has 1 saturated heterocycles. The largest absolute Gasteiger partial charge is 0.377 e. The lowest BCUT2D eigenvalue weighted by Gasteiger charge is -2.35. The van der Waals surface area contributed by atoms with Crippen molar-refractivity contribution in [3.63, 3.8) is 0 Å². The van der Waals surface area contributed by atoms with E-state index in [4.69, 9.17) is 4.74 Å². The highest BCUT2D eigenvalue weighted by molar-refractivity contribution is 5.75. The molecule has 0 N–H and O–H groups in total. The number of nitrogens with zero attached hydrogens (tertiary/aromatic N) is 3. The molecule has 0 bridgehead atoms. The van der Waals surface area contributed by atoms with Crippen molar-refractivity contribution in [3.05, 3.63) is 30.0 Å². The SMILES string of the molecule is CCC1COCCN1c1cnc2cc(F)c(F)cc2n1. The fourth-order valence-electron chi connectivity index (χ4n) is 2.43. The van der Waals surface area contributed by atoms with Gasteiger partial charge >= 0.3 is 0 Å². The van der Waals surface area contributed by atoms with Gasteiger partial charge in [-0.2, -0.15) is 0 Å². The maximum absolute atomic E-state index is 13.3. The Morgan fingerprint density at radius 2 is 2.05 bits per heavy atom. The van der Waals surface area contributed by atoms with Gasteiger partial charge in [-0.1, -0.05) is 6.92 Å². The summed E-state index contributed by atoms with van der Waals surface area (Å²) in [7, 11) is 0. The van der Waals surface area contributed by atoms with E-state index in [-0.39, 0.29) is 6.04 Å². The number of ether oxygens (including phenoxy) is 1. The van der Waals surface area contributed by atoms with Crippen molar-refractivity contribution in [2.45, 2.75) is 19.4 Å². The van der Waals surface area contributed by atoms with Gasteiger partial charge in [-0.15, -0.1) is 0 Å². The molecular formula is C14H15F2N3O. The van der Waals surface area contributed by atoms with Crippen LogP contribution in [0.5, 0.6) is 0 Å². The third-order valence-electron chi connectivity index (χ3n) is 3.56. The van der Waals surface area contributed by atoms with Gasteiger partial charge in [0.25, 0.3) is 0 Å². The van der Waals surface area contributed by atoms with Crippen LogP contribution in [0.4, 0.5) is 14.6 Å². The number of aromatic nitrogens is 2. The maximum atomic E-state index is 13.3. The van der Waals surface area contributed by atoms with Gasteiger partial charge in [-0.3, -0.25) is 4.98 Å². The number of morpholine rings is 1. The maximum Gasteiger partial charge on any atom is 0.161 e. The number of hydrogen-bond donors (Lipinski definition) is 0. The fourth-order valence-corrected chi connectivity index (χ4v) is 2.43. The molecule has 1 atom stereocenters. The van der Waals surface area contributed by atoms with E-state index in [2.05, 4.69) is 21.8 Å². The summed E-state index contributed by atoms with van der Waals surface area (Å²) < 4.78 is 31.9. The van der Waals surface area contributed by atoms with Crippen molar-refractivity contribution in [1.82, 2.24) is 9.97 Å². The molecule has 1 aromatic heterocycles. The highest BCUT2D eigenvalue weighted by Gasteiger charge is 2.23. The van der Waals surface area contributed by atoms with Gasteiger partial charge in [0.1, 0.15) is 5.82 Å². The van der Waals surface area contributed by atoms with Gasteiger partial charge in [0.15, 0.2) is 11.6 Å². The van der Waals surface area contributed by atoms with E-state index in [0.29, 0.717) is 30.1 Å². The van der Waals surface area contributed by atoms with Crippen LogP contribution in [0.1, 0.15) is 13.3 Å². The number of fused-ring (bicyclic) bond motifs is 1. The molecule has 2 aromatic rings. The molecule has 1 fully saturated rings. The Balaban J connectivity index is 2.01. The van der Waals surface area contributed by atoms with Crippen molar-refractivity contribution in [1.29, 1.82) is 0 Å². The third-order valence-corrected chi connectivity index (χ3v) is 3.56. The van der Waals surface area contributed by atoms with Crippen LogP contribution >= 0.6 is 0 Å². The van der Waals surface area contributed by atoms with E-state index in [1.165, 1.54) is 0 Å². The smallest absolute Gasteiger partial charge is 0.161 e. The first kappa shape index (κ1) is 13.2. The molecule has 1 unspecified atom stereocenters. The highest BCUT2D eigenvalue weighted by Crippen LogP contribution is 2.22. The van der Waals surface area contributed by atoms with Crippen LogP contribution in [0.3, 0.4) is 0 Å². The second kappa shape index (κ2) is 5.28. The number of anilines is 1. The molecule has 0 spiro atoms. The molecule has 106 valence electrons. The lowest BCUT2D eigenvalue weighted by molar-refractivity contribution is 0.0925. The minimum atomic E-state index is -0.905. The molecule has 6 heteroatoms. The van der Waals surface area contributed by atoms with Crippen molar-refractivity contribution < 1.29 is 13.5 Å². The predicted molar refractivity (Wildman–Crippen MR) is 71.7 cm³/mol. The van der Waals surface area contributed by atoms with Gasteiger partial charge < -0.3 is 9.64 Å². The average molecular weight is 279 g/mol. The molecule has 0 aliphatic carbocycles. The quantitative estimate of drug-likeness (QED) is 0.846. The topological polar surface area (TPSA) is 38.2 Å². The normalized spacial score (nSPS) is 19.6. The van der Waals surface area contributed by atoms with Crippen molar-refractivity contribution >= 4 is 16.9 Å². The summed E-state index contributed by atoms with van der Waals surface area (Å²) in [6, 6.07) is 2.39. The zero-order chi connectivity index (χ0) is 14.1. The van der Waals surface area contributed by atoms with Gasteiger partial charge in [0.05, 0.1) is 36.5 Å². The first-order valence-corrected chi connectivity index (χ1v) is 6.65. The first-order chi connectivity index (χ1) is 9.69. The lowest BCUT2D eigenvalue weighted by atomic mass is 10.2. The Bertz CT molecular complexity index is 635. The second-order valence-corrected chi connectivity index (χ2v) is 4.81. The van der Waals surface area contributed by atoms with Crippen molar-refractivity contribution in [2.24, 2.45) is 0 Å². The van der Waals surface area contributed by atoms with Crippen molar-refractivity contribution in [3.8, 4) is 0 Å². The Morgan fingerprint density at radius 3 is 2.80 bits per heavy atom. The zero-order valence-corrected chi connectivity index (χ0v) is 11.1. The molecule has 3 rings (SSSR count). The summed E-state index contributed by atoms with van der Waals surface area (Å²) in [6.45, 7) is 4.08. The van der Waals surface area contributed by atoms with Crippen LogP contribution < -0.4 is 4.90 Å². The number of benzene rings is 1. The molecule has 0 radical (unpaired) electrons. The summed E-state index contributed by atoms with van der Waals surface area (Å²) in [5.41, 5.74) is 0.719. The van der Waals surface area contributed by atoms with Gasteiger partial charge in [0, 0.05) is 18.7 Å². The Labute approximate surface area is 115 Å². The molecule has 0 saturated carbocycles. The fraction of sp³-hybridized carbons (Fsp3) is 0.429. The van der Waals surface area contributed by atoms with E-state index in [1.807, 2.05) is 0 Å². The molecule has 4 nitrogen and oxygen atoms in total. The number of rotatable bonds is 2. The molecule has 1 aliphatic heterocycles. The van der Waals surface area contributed by atoms with Gasteiger partial charge in [-0.05, 0) is 6.42 Å². The van der Waals surface area contributed by atoms with Gasteiger partial charge in [-0.25, -0.2) is 13.8 Å². The Morgan fingerprint density at radius 1 is 1.30 bits per heavy atom. The predicted octanol–water partition coefficient (Wildman–Crippen LogP) is 2.52. The summed E-state index contributed by atoms with van der Waals surface area (Å²) in [5.74, 6) is -1.13. The average Bonchev–Trinajstić information content (AvgIpc) is 2.48.